The molecular weight excluding hydrogens is 564 g/mol. The van der Waals surface area contributed by atoms with Crippen LogP contribution in [0.2, 0.25) is 0 Å². The molecule has 0 bridgehead atoms. The molecule has 0 saturated heterocycles. The normalized spacial score (nSPS) is 13.6. The molecule has 1 aromatic heterocycles. The second-order valence-electron chi connectivity index (χ2n) is 11.7. The topological polar surface area (TPSA) is 63.4 Å². The van der Waals surface area contributed by atoms with Gasteiger partial charge in [0.25, 0.3) is 0 Å². The van der Waals surface area contributed by atoms with E-state index in [4.69, 9.17) is 10.6 Å². The average molecular weight is 597 g/mol. The zero-order chi connectivity index (χ0) is 31.2. The number of hydrogen-bond acceptors (Lipinski definition) is 5. The Balaban J connectivity index is 1.51. The highest BCUT2D eigenvalue weighted by Gasteiger charge is 2.23. The Bertz CT molecular complexity index is 2300. The fourth-order valence-electron chi connectivity index (χ4n) is 7.00. The largest absolute Gasteiger partial charge is 0.404 e. The lowest BCUT2D eigenvalue weighted by Crippen LogP contribution is -2.26. The fraction of sp³-hybridized carbons (Fsp3) is 0.0488. The van der Waals surface area contributed by atoms with Crippen molar-refractivity contribution in [3.05, 3.63) is 157 Å². The van der Waals surface area contributed by atoms with E-state index < -0.39 is 0 Å². The molecule has 222 valence electrons. The van der Waals surface area contributed by atoms with Gasteiger partial charge in [0.1, 0.15) is 6.26 Å². The van der Waals surface area contributed by atoms with E-state index in [-0.39, 0.29) is 0 Å². The van der Waals surface area contributed by atoms with Gasteiger partial charge in [0.15, 0.2) is 0 Å². The van der Waals surface area contributed by atoms with Crippen molar-refractivity contribution in [2.24, 2.45) is 5.73 Å². The van der Waals surface area contributed by atoms with E-state index in [1.165, 1.54) is 49.0 Å². The number of rotatable bonds is 5. The van der Waals surface area contributed by atoms with E-state index >= 15 is 0 Å². The molecule has 5 heteroatoms. The van der Waals surface area contributed by atoms with Crippen LogP contribution in [0, 0.1) is 6.92 Å². The summed E-state index contributed by atoms with van der Waals surface area (Å²) in [5.41, 5.74) is 18.3. The minimum Gasteiger partial charge on any atom is -0.404 e. The molecule has 1 aliphatic rings. The number of nitrogens with two attached hydrogens (primary N) is 1. The lowest BCUT2D eigenvalue weighted by molar-refractivity contribution is -0.0779. The van der Waals surface area contributed by atoms with Crippen LogP contribution < -0.4 is 11.2 Å². The molecule has 0 atom stereocenters. The summed E-state index contributed by atoms with van der Waals surface area (Å²) in [6.45, 7) is 4.09. The SMILES string of the molecule is C/C(=C\C(=C/N)c1c2ccccc2c(-c2c3ccccc3c(-c3cncc(C)c3)c3ccccc23)c2ccccc12)N1NC=CO1. The maximum Gasteiger partial charge on any atom is 0.139 e. The van der Waals surface area contributed by atoms with Gasteiger partial charge in [0, 0.05) is 29.7 Å². The van der Waals surface area contributed by atoms with Crippen LogP contribution in [0.3, 0.4) is 0 Å². The van der Waals surface area contributed by atoms with Gasteiger partial charge < -0.3 is 10.6 Å². The number of hydrogen-bond donors (Lipinski definition) is 2. The van der Waals surface area contributed by atoms with E-state index in [2.05, 4.69) is 127 Å². The third-order valence-electron chi connectivity index (χ3n) is 8.86. The van der Waals surface area contributed by atoms with Crippen LogP contribution in [0.25, 0.3) is 70.9 Å². The van der Waals surface area contributed by atoms with Crippen molar-refractivity contribution in [2.75, 3.05) is 0 Å². The highest BCUT2D eigenvalue weighted by atomic mass is 16.7. The standard InChI is InChI=1S/C41H32N4O/c1-26-21-29(25-43-24-26)39-32-13-5-9-17-36(32)41(37-18-10-6-14-33(37)39)40-34-15-7-3-11-30(34)38(31-12-4-8-16-35(31)40)28(23-42)22-27(2)45-44-19-20-46-45/h3-25,44H,42H2,1-2H3/b27-22+,28-23+. The molecule has 0 amide bonds. The molecule has 2 heterocycles. The van der Waals surface area contributed by atoms with Gasteiger partial charge in [0.05, 0.1) is 11.9 Å². The molecule has 0 aliphatic carbocycles. The van der Waals surface area contributed by atoms with E-state index in [0.717, 1.165) is 38.7 Å². The average Bonchev–Trinajstić information content (AvgIpc) is 3.65. The summed E-state index contributed by atoms with van der Waals surface area (Å²) >= 11 is 0. The number of aryl methyl sites for hydroxylation is 1. The molecule has 0 radical (unpaired) electrons. The molecule has 0 spiro atoms. The van der Waals surface area contributed by atoms with Gasteiger partial charge in [-0.15, -0.1) is 5.17 Å². The quantitative estimate of drug-likeness (QED) is 0.153. The van der Waals surface area contributed by atoms with Crippen molar-refractivity contribution < 1.29 is 4.84 Å². The van der Waals surface area contributed by atoms with Crippen molar-refractivity contribution in [3.8, 4) is 22.3 Å². The van der Waals surface area contributed by atoms with Gasteiger partial charge in [0.2, 0.25) is 0 Å². The van der Waals surface area contributed by atoms with Crippen LogP contribution in [0.15, 0.2) is 146 Å². The predicted molar refractivity (Wildman–Crippen MR) is 191 cm³/mol. The summed E-state index contributed by atoms with van der Waals surface area (Å²) < 4.78 is 0. The Hall–Kier alpha value is -6.07. The number of fused-ring (bicyclic) bond motifs is 4. The van der Waals surface area contributed by atoms with Gasteiger partial charge in [-0.3, -0.25) is 10.4 Å². The number of nitrogens with zero attached hydrogens (tertiary/aromatic N) is 2. The van der Waals surface area contributed by atoms with E-state index in [1.54, 1.807) is 23.8 Å². The Labute approximate surface area is 267 Å². The molecule has 3 N–H and O–H groups in total. The van der Waals surface area contributed by atoms with Crippen LogP contribution in [0.1, 0.15) is 18.1 Å². The van der Waals surface area contributed by atoms with Crippen molar-refractivity contribution in [3.63, 3.8) is 0 Å². The minimum absolute atomic E-state index is 0.872. The molecule has 46 heavy (non-hydrogen) atoms. The van der Waals surface area contributed by atoms with Crippen LogP contribution in [-0.2, 0) is 4.84 Å². The molecule has 8 rings (SSSR count). The monoisotopic (exact) mass is 596 g/mol. The highest BCUT2D eigenvalue weighted by Crippen LogP contribution is 2.49. The zero-order valence-electron chi connectivity index (χ0n) is 25.7. The smallest absolute Gasteiger partial charge is 0.139 e. The van der Waals surface area contributed by atoms with Gasteiger partial charge >= 0.3 is 0 Å². The first-order valence-corrected chi connectivity index (χ1v) is 15.4. The third kappa shape index (κ3) is 4.36. The summed E-state index contributed by atoms with van der Waals surface area (Å²) in [4.78, 5) is 10.2. The Morgan fingerprint density at radius 3 is 1.63 bits per heavy atom. The molecule has 0 fully saturated rings. The lowest BCUT2D eigenvalue weighted by Gasteiger charge is -2.23. The Morgan fingerprint density at radius 1 is 0.696 bits per heavy atom. The highest BCUT2D eigenvalue weighted by molar-refractivity contribution is 6.29. The van der Waals surface area contributed by atoms with E-state index in [1.807, 2.05) is 19.3 Å². The van der Waals surface area contributed by atoms with Crippen molar-refractivity contribution >= 4 is 48.7 Å². The van der Waals surface area contributed by atoms with Crippen LogP contribution in [0.5, 0.6) is 0 Å². The first-order valence-electron chi connectivity index (χ1n) is 15.4. The number of aromatic nitrogens is 1. The van der Waals surface area contributed by atoms with Crippen LogP contribution >= 0.6 is 0 Å². The van der Waals surface area contributed by atoms with E-state index in [9.17, 15) is 0 Å². The molecule has 7 aromatic rings. The molecular formula is C41H32N4O. The number of pyridine rings is 1. The minimum atomic E-state index is 0.872. The maximum absolute atomic E-state index is 6.41. The molecule has 0 saturated carbocycles. The number of hydroxylamine groups is 1. The van der Waals surface area contributed by atoms with Crippen LogP contribution in [-0.4, -0.2) is 10.2 Å². The summed E-state index contributed by atoms with van der Waals surface area (Å²) in [5, 5.41) is 11.0. The number of allylic oxidation sites excluding steroid dienone is 3. The molecule has 6 aromatic carbocycles. The summed E-state index contributed by atoms with van der Waals surface area (Å²) in [5.74, 6) is 0. The Kier molecular flexibility index (Phi) is 6.65. The van der Waals surface area contributed by atoms with E-state index in [0.29, 0.717) is 0 Å². The predicted octanol–water partition coefficient (Wildman–Crippen LogP) is 9.76. The zero-order valence-corrected chi connectivity index (χ0v) is 25.7. The Morgan fingerprint density at radius 2 is 1.17 bits per heavy atom. The molecule has 1 aliphatic heterocycles. The number of benzene rings is 6. The van der Waals surface area contributed by atoms with Crippen molar-refractivity contribution in [1.82, 2.24) is 15.6 Å². The number of nitrogens with one attached hydrogen (secondary N) is 1. The third-order valence-corrected chi connectivity index (χ3v) is 8.86. The van der Waals surface area contributed by atoms with Crippen molar-refractivity contribution in [2.45, 2.75) is 13.8 Å². The van der Waals surface area contributed by atoms with Gasteiger partial charge in [-0.1, -0.05) is 97.1 Å². The second kappa shape index (κ2) is 11.1. The summed E-state index contributed by atoms with van der Waals surface area (Å²) in [6.07, 6.45) is 11.0. The van der Waals surface area contributed by atoms with Crippen molar-refractivity contribution in [1.29, 1.82) is 0 Å². The van der Waals surface area contributed by atoms with Gasteiger partial charge in [-0.2, -0.15) is 0 Å². The van der Waals surface area contributed by atoms with Gasteiger partial charge in [-0.25, -0.2) is 0 Å². The first-order chi connectivity index (χ1) is 22.6. The maximum atomic E-state index is 6.41. The van der Waals surface area contributed by atoms with Crippen LogP contribution in [0.4, 0.5) is 0 Å². The lowest BCUT2D eigenvalue weighted by atomic mass is 9.81. The van der Waals surface area contributed by atoms with Gasteiger partial charge in [-0.05, 0) is 96.9 Å². The number of hydrazine groups is 1. The molecule has 5 nitrogen and oxygen atoms in total. The summed E-state index contributed by atoms with van der Waals surface area (Å²) in [6, 6.07) is 37.1. The second-order valence-corrected chi connectivity index (χ2v) is 11.7. The summed E-state index contributed by atoms with van der Waals surface area (Å²) in [7, 11) is 0. The first kappa shape index (κ1) is 27.5. The fourth-order valence-corrected chi connectivity index (χ4v) is 7.00. The molecule has 0 unspecified atom stereocenters.